The van der Waals surface area contributed by atoms with Crippen LogP contribution in [0.15, 0.2) is 0 Å². The van der Waals surface area contributed by atoms with Crippen LogP contribution in [0.1, 0.15) is 40.0 Å². The number of hydrogen-bond donors (Lipinski definition) is 1. The van der Waals surface area contributed by atoms with E-state index in [0.717, 1.165) is 32.4 Å². The number of thioether (sulfide) groups is 1. The second-order valence-corrected chi connectivity index (χ2v) is 7.13. The van der Waals surface area contributed by atoms with Crippen LogP contribution >= 0.6 is 11.8 Å². The molecule has 1 aliphatic heterocycles. The summed E-state index contributed by atoms with van der Waals surface area (Å²) in [6.45, 7) is 8.79. The van der Waals surface area contributed by atoms with Crippen molar-refractivity contribution in [1.29, 1.82) is 0 Å². The third-order valence-electron chi connectivity index (χ3n) is 3.64. The first-order valence-corrected chi connectivity index (χ1v) is 8.48. The van der Waals surface area contributed by atoms with Gasteiger partial charge in [-0.25, -0.2) is 0 Å². The maximum atomic E-state index is 12.2. The Hall–Kier alpha value is 0.0600. The highest BCUT2D eigenvalue weighted by atomic mass is 32.2. The molecule has 1 saturated heterocycles. The third kappa shape index (κ3) is 7.18. The molecule has 0 bridgehead atoms. The summed E-state index contributed by atoms with van der Waals surface area (Å²) in [4.78, 5) is 2.26. The predicted molar refractivity (Wildman–Crippen MR) is 80.0 cm³/mol. The molecule has 0 spiro atoms. The summed E-state index contributed by atoms with van der Waals surface area (Å²) in [6, 6.07) is 0.802. The SMILES string of the molecule is CCCC1CN(CCSC(F)(F)F)C(CC(C)C)CN1. The molecule has 0 saturated carbocycles. The zero-order valence-electron chi connectivity index (χ0n) is 12.7. The second-order valence-electron chi connectivity index (χ2n) is 5.97. The fourth-order valence-corrected chi connectivity index (χ4v) is 3.36. The lowest BCUT2D eigenvalue weighted by Crippen LogP contribution is -2.57. The van der Waals surface area contributed by atoms with Crippen molar-refractivity contribution in [3.05, 3.63) is 0 Å². The van der Waals surface area contributed by atoms with Gasteiger partial charge < -0.3 is 5.32 Å². The van der Waals surface area contributed by atoms with Crippen LogP contribution in [-0.4, -0.2) is 47.9 Å². The molecule has 20 heavy (non-hydrogen) atoms. The molecule has 1 fully saturated rings. The van der Waals surface area contributed by atoms with Gasteiger partial charge in [0.05, 0.1) is 0 Å². The number of rotatable bonds is 7. The molecule has 1 N–H and O–H groups in total. The van der Waals surface area contributed by atoms with Crippen LogP contribution in [0.4, 0.5) is 13.2 Å². The van der Waals surface area contributed by atoms with E-state index in [0.29, 0.717) is 24.5 Å². The van der Waals surface area contributed by atoms with Crippen molar-refractivity contribution in [3.8, 4) is 0 Å². The molecule has 2 nitrogen and oxygen atoms in total. The van der Waals surface area contributed by atoms with Crippen molar-refractivity contribution in [2.75, 3.05) is 25.4 Å². The number of alkyl halides is 3. The zero-order valence-corrected chi connectivity index (χ0v) is 13.5. The molecule has 0 amide bonds. The number of nitrogens with zero attached hydrogens (tertiary/aromatic N) is 1. The summed E-state index contributed by atoms with van der Waals surface area (Å²) in [5, 5.41) is 3.54. The van der Waals surface area contributed by atoms with Crippen LogP contribution < -0.4 is 5.32 Å². The van der Waals surface area contributed by atoms with Gasteiger partial charge in [0.25, 0.3) is 0 Å². The maximum Gasteiger partial charge on any atom is 0.441 e. The van der Waals surface area contributed by atoms with Crippen molar-refractivity contribution in [3.63, 3.8) is 0 Å². The highest BCUT2D eigenvalue weighted by molar-refractivity contribution is 8.00. The Morgan fingerprint density at radius 1 is 1.35 bits per heavy atom. The first kappa shape index (κ1) is 18.1. The lowest BCUT2D eigenvalue weighted by molar-refractivity contribution is -0.0329. The number of halogens is 3. The minimum absolute atomic E-state index is 0.101. The largest absolute Gasteiger partial charge is 0.441 e. The molecule has 2 atom stereocenters. The van der Waals surface area contributed by atoms with E-state index in [-0.39, 0.29) is 17.5 Å². The topological polar surface area (TPSA) is 15.3 Å². The van der Waals surface area contributed by atoms with Gasteiger partial charge in [-0.1, -0.05) is 27.2 Å². The summed E-state index contributed by atoms with van der Waals surface area (Å²) in [6.07, 6.45) is 3.25. The van der Waals surface area contributed by atoms with Crippen molar-refractivity contribution >= 4 is 11.8 Å². The van der Waals surface area contributed by atoms with E-state index in [1.807, 2.05) is 0 Å². The molecule has 120 valence electrons. The zero-order chi connectivity index (χ0) is 15.2. The lowest BCUT2D eigenvalue weighted by Gasteiger charge is -2.41. The molecular formula is C14H27F3N2S. The molecule has 1 heterocycles. The van der Waals surface area contributed by atoms with E-state index in [1.54, 1.807) is 0 Å². The van der Waals surface area contributed by atoms with E-state index in [1.165, 1.54) is 0 Å². The number of nitrogens with one attached hydrogen (secondary N) is 1. The monoisotopic (exact) mass is 312 g/mol. The Morgan fingerprint density at radius 3 is 2.60 bits per heavy atom. The summed E-state index contributed by atoms with van der Waals surface area (Å²) in [5.74, 6) is 0.707. The average Bonchev–Trinajstić information content (AvgIpc) is 2.30. The Bertz CT molecular complexity index is 272. The highest BCUT2D eigenvalue weighted by Gasteiger charge is 2.31. The maximum absolute atomic E-state index is 12.2. The minimum Gasteiger partial charge on any atom is -0.311 e. The van der Waals surface area contributed by atoms with Crippen LogP contribution in [0.5, 0.6) is 0 Å². The summed E-state index contributed by atoms with van der Waals surface area (Å²) < 4.78 is 36.7. The molecule has 0 radical (unpaired) electrons. The smallest absolute Gasteiger partial charge is 0.311 e. The van der Waals surface area contributed by atoms with E-state index < -0.39 is 5.51 Å². The van der Waals surface area contributed by atoms with Gasteiger partial charge in [-0.05, 0) is 30.5 Å². The molecule has 0 aliphatic carbocycles. The molecule has 0 aromatic carbocycles. The van der Waals surface area contributed by atoms with E-state index in [9.17, 15) is 13.2 Å². The van der Waals surface area contributed by atoms with Gasteiger partial charge in [0.1, 0.15) is 0 Å². The third-order valence-corrected chi connectivity index (χ3v) is 4.35. The second kappa shape index (κ2) is 8.49. The first-order valence-electron chi connectivity index (χ1n) is 7.50. The van der Waals surface area contributed by atoms with Crippen molar-refractivity contribution < 1.29 is 13.2 Å². The molecular weight excluding hydrogens is 285 g/mol. The highest BCUT2D eigenvalue weighted by Crippen LogP contribution is 2.30. The average molecular weight is 312 g/mol. The van der Waals surface area contributed by atoms with E-state index in [2.05, 4.69) is 31.0 Å². The number of hydrogen-bond acceptors (Lipinski definition) is 3. The van der Waals surface area contributed by atoms with E-state index in [4.69, 9.17) is 0 Å². The van der Waals surface area contributed by atoms with Crippen LogP contribution in [0, 0.1) is 5.92 Å². The molecule has 2 unspecified atom stereocenters. The molecule has 0 aromatic rings. The van der Waals surface area contributed by atoms with Gasteiger partial charge in [-0.2, -0.15) is 13.2 Å². The van der Waals surface area contributed by atoms with Crippen LogP contribution in [0.3, 0.4) is 0 Å². The Kier molecular flexibility index (Phi) is 7.69. The quantitative estimate of drug-likeness (QED) is 0.771. The van der Waals surface area contributed by atoms with Crippen molar-refractivity contribution in [1.82, 2.24) is 10.2 Å². The molecule has 1 aliphatic rings. The van der Waals surface area contributed by atoms with Crippen LogP contribution in [-0.2, 0) is 0 Å². The van der Waals surface area contributed by atoms with Gasteiger partial charge >= 0.3 is 5.51 Å². The van der Waals surface area contributed by atoms with E-state index >= 15 is 0 Å². The summed E-state index contributed by atoms with van der Waals surface area (Å²) in [5.41, 5.74) is -4.11. The van der Waals surface area contributed by atoms with Gasteiger partial charge in [0.2, 0.25) is 0 Å². The van der Waals surface area contributed by atoms with Gasteiger partial charge in [-0.15, -0.1) is 0 Å². The summed E-state index contributed by atoms with van der Waals surface area (Å²) in [7, 11) is 0. The predicted octanol–water partition coefficient (Wildman–Crippen LogP) is 3.73. The van der Waals surface area contributed by atoms with Gasteiger partial charge in [-0.3, -0.25) is 4.90 Å². The first-order chi connectivity index (χ1) is 9.31. The Morgan fingerprint density at radius 2 is 2.05 bits per heavy atom. The van der Waals surface area contributed by atoms with Crippen LogP contribution in [0.2, 0.25) is 0 Å². The standard InChI is InChI=1S/C14H27F3N2S/c1-4-5-12-10-19(6-7-20-14(15,16)17)13(9-18-12)8-11(2)3/h11-13,18H,4-10H2,1-3H3. The van der Waals surface area contributed by atoms with Crippen molar-refractivity contribution in [2.24, 2.45) is 5.92 Å². The van der Waals surface area contributed by atoms with Crippen molar-refractivity contribution in [2.45, 2.75) is 57.6 Å². The molecule has 1 rings (SSSR count). The molecule has 0 aromatic heterocycles. The van der Waals surface area contributed by atoms with Gasteiger partial charge in [0.15, 0.2) is 0 Å². The Labute approximate surface area is 124 Å². The van der Waals surface area contributed by atoms with Gasteiger partial charge in [0, 0.05) is 37.5 Å². The minimum atomic E-state index is -4.11. The molecule has 6 heteroatoms. The summed E-state index contributed by atoms with van der Waals surface area (Å²) >= 11 is 0.101. The Balaban J connectivity index is 2.48. The normalized spacial score (nSPS) is 25.4. The number of piperazine rings is 1. The van der Waals surface area contributed by atoms with Crippen LogP contribution in [0.25, 0.3) is 0 Å². The lowest BCUT2D eigenvalue weighted by atomic mass is 9.98. The fraction of sp³-hybridized carbons (Fsp3) is 1.00. The fourth-order valence-electron chi connectivity index (χ4n) is 2.80.